The highest BCUT2D eigenvalue weighted by Gasteiger charge is 2.21. The summed E-state index contributed by atoms with van der Waals surface area (Å²) >= 11 is 6.15. The van der Waals surface area contributed by atoms with Crippen LogP contribution in [0.2, 0.25) is 5.15 Å². The standard InChI is InChI=1S/C17H19ClN2O2/c18-16-14-7-2-1-5-12(14)9-15(20-16)17(22)19-10-11-4-3-6-13(21)8-11/h1-2,5,7,9,11,13,21H,3-4,6,8,10H2,(H,19,22). The molecule has 1 fully saturated rings. The maximum absolute atomic E-state index is 12.3. The summed E-state index contributed by atoms with van der Waals surface area (Å²) in [4.78, 5) is 16.5. The number of carbonyl (C=O) groups is 1. The van der Waals surface area contributed by atoms with Gasteiger partial charge in [-0.3, -0.25) is 4.79 Å². The van der Waals surface area contributed by atoms with Crippen LogP contribution in [0.1, 0.15) is 36.2 Å². The average Bonchev–Trinajstić information content (AvgIpc) is 2.52. The van der Waals surface area contributed by atoms with Crippen LogP contribution in [-0.4, -0.2) is 28.6 Å². The van der Waals surface area contributed by atoms with Gasteiger partial charge in [-0.25, -0.2) is 4.98 Å². The van der Waals surface area contributed by atoms with Crippen LogP contribution in [0.4, 0.5) is 0 Å². The van der Waals surface area contributed by atoms with Crippen molar-refractivity contribution in [2.45, 2.75) is 31.8 Å². The molecule has 1 aromatic carbocycles. The number of hydrogen-bond acceptors (Lipinski definition) is 3. The van der Waals surface area contributed by atoms with Crippen LogP contribution in [0.25, 0.3) is 10.8 Å². The Morgan fingerprint density at radius 3 is 3.00 bits per heavy atom. The SMILES string of the molecule is O=C(NCC1CCCC(O)C1)c1cc2ccccc2c(Cl)n1. The minimum absolute atomic E-state index is 0.215. The zero-order valence-electron chi connectivity index (χ0n) is 12.3. The molecule has 1 aliphatic rings. The first-order valence-corrected chi connectivity index (χ1v) is 8.03. The number of benzene rings is 1. The number of aliphatic hydroxyl groups is 1. The highest BCUT2D eigenvalue weighted by Crippen LogP contribution is 2.24. The number of aromatic nitrogens is 1. The Kier molecular flexibility index (Phi) is 4.60. The van der Waals surface area contributed by atoms with Crippen molar-refractivity contribution in [2.24, 2.45) is 5.92 Å². The number of nitrogens with zero attached hydrogens (tertiary/aromatic N) is 1. The molecule has 0 bridgehead atoms. The zero-order chi connectivity index (χ0) is 15.5. The normalized spacial score (nSPS) is 21.7. The first-order chi connectivity index (χ1) is 10.6. The van der Waals surface area contributed by atoms with E-state index in [0.29, 0.717) is 23.3 Å². The predicted octanol–water partition coefficient (Wildman–Crippen LogP) is 3.17. The van der Waals surface area contributed by atoms with Crippen LogP contribution >= 0.6 is 11.6 Å². The average molecular weight is 319 g/mol. The lowest BCUT2D eigenvalue weighted by Crippen LogP contribution is -2.33. The highest BCUT2D eigenvalue weighted by atomic mass is 35.5. The number of carbonyl (C=O) groups excluding carboxylic acids is 1. The molecule has 1 amide bonds. The van der Waals surface area contributed by atoms with E-state index in [2.05, 4.69) is 10.3 Å². The lowest BCUT2D eigenvalue weighted by atomic mass is 9.87. The second kappa shape index (κ2) is 6.63. The van der Waals surface area contributed by atoms with Crippen LogP contribution in [0.15, 0.2) is 30.3 Å². The summed E-state index contributed by atoms with van der Waals surface area (Å²) in [5.74, 6) is 0.122. The highest BCUT2D eigenvalue weighted by molar-refractivity contribution is 6.34. The number of nitrogens with one attached hydrogen (secondary N) is 1. The van der Waals surface area contributed by atoms with Gasteiger partial charge >= 0.3 is 0 Å². The fourth-order valence-corrected chi connectivity index (χ4v) is 3.31. The summed E-state index contributed by atoms with van der Waals surface area (Å²) in [5, 5.41) is 14.7. The number of amides is 1. The van der Waals surface area contributed by atoms with Crippen LogP contribution in [-0.2, 0) is 0 Å². The molecule has 5 heteroatoms. The molecule has 2 atom stereocenters. The van der Waals surface area contributed by atoms with Crippen LogP contribution in [0.3, 0.4) is 0 Å². The molecule has 0 radical (unpaired) electrons. The fourth-order valence-electron chi connectivity index (χ4n) is 3.05. The molecule has 4 nitrogen and oxygen atoms in total. The molecule has 0 spiro atoms. The van der Waals surface area contributed by atoms with Crippen molar-refractivity contribution >= 4 is 28.3 Å². The molecular formula is C17H19ClN2O2. The molecule has 116 valence electrons. The number of rotatable bonds is 3. The summed E-state index contributed by atoms with van der Waals surface area (Å²) in [5.41, 5.74) is 0.333. The third kappa shape index (κ3) is 3.39. The molecular weight excluding hydrogens is 300 g/mol. The lowest BCUT2D eigenvalue weighted by molar-refractivity contribution is 0.0870. The van der Waals surface area contributed by atoms with E-state index >= 15 is 0 Å². The first-order valence-electron chi connectivity index (χ1n) is 7.65. The molecule has 1 saturated carbocycles. The van der Waals surface area contributed by atoms with Crippen molar-refractivity contribution < 1.29 is 9.90 Å². The zero-order valence-corrected chi connectivity index (χ0v) is 13.0. The molecule has 22 heavy (non-hydrogen) atoms. The van der Waals surface area contributed by atoms with E-state index in [9.17, 15) is 9.90 Å². The second-order valence-electron chi connectivity index (χ2n) is 5.92. The summed E-state index contributed by atoms with van der Waals surface area (Å²) in [6, 6.07) is 9.35. The third-order valence-corrected chi connectivity index (χ3v) is 4.52. The van der Waals surface area contributed by atoms with Crippen molar-refractivity contribution in [3.8, 4) is 0 Å². The Morgan fingerprint density at radius 1 is 1.36 bits per heavy atom. The summed E-state index contributed by atoms with van der Waals surface area (Å²) in [6.07, 6.45) is 3.45. The molecule has 1 heterocycles. The van der Waals surface area contributed by atoms with E-state index < -0.39 is 0 Å². The van der Waals surface area contributed by atoms with Gasteiger partial charge in [0.05, 0.1) is 6.10 Å². The van der Waals surface area contributed by atoms with E-state index in [-0.39, 0.29) is 12.0 Å². The molecule has 1 aliphatic carbocycles. The van der Waals surface area contributed by atoms with Crippen molar-refractivity contribution in [2.75, 3.05) is 6.54 Å². The number of hydrogen-bond donors (Lipinski definition) is 2. The van der Waals surface area contributed by atoms with Crippen LogP contribution < -0.4 is 5.32 Å². The maximum Gasteiger partial charge on any atom is 0.269 e. The van der Waals surface area contributed by atoms with Crippen molar-refractivity contribution in [1.82, 2.24) is 10.3 Å². The van der Waals surface area contributed by atoms with Crippen molar-refractivity contribution in [1.29, 1.82) is 0 Å². The van der Waals surface area contributed by atoms with Crippen molar-refractivity contribution in [3.05, 3.63) is 41.2 Å². The van der Waals surface area contributed by atoms with E-state index in [4.69, 9.17) is 11.6 Å². The molecule has 0 saturated heterocycles. The van der Waals surface area contributed by atoms with Gasteiger partial charge in [0.2, 0.25) is 0 Å². The predicted molar refractivity (Wildman–Crippen MR) is 87.1 cm³/mol. The van der Waals surface area contributed by atoms with E-state index in [1.807, 2.05) is 24.3 Å². The minimum atomic E-state index is -0.233. The molecule has 0 aliphatic heterocycles. The van der Waals surface area contributed by atoms with Gasteiger partial charge in [-0.2, -0.15) is 0 Å². The van der Waals surface area contributed by atoms with E-state index in [0.717, 1.165) is 36.5 Å². The summed E-state index contributed by atoms with van der Waals surface area (Å²) in [7, 11) is 0. The Hall–Kier alpha value is -1.65. The van der Waals surface area contributed by atoms with Gasteiger partial charge in [0.1, 0.15) is 10.8 Å². The monoisotopic (exact) mass is 318 g/mol. The van der Waals surface area contributed by atoms with Crippen LogP contribution in [0.5, 0.6) is 0 Å². The van der Waals surface area contributed by atoms with Gasteiger partial charge < -0.3 is 10.4 Å². The van der Waals surface area contributed by atoms with Gasteiger partial charge in [-0.05, 0) is 36.6 Å². The van der Waals surface area contributed by atoms with E-state index in [1.165, 1.54) is 0 Å². The molecule has 2 N–H and O–H groups in total. The summed E-state index contributed by atoms with van der Waals surface area (Å²) in [6.45, 7) is 0.571. The van der Waals surface area contributed by atoms with Crippen LogP contribution in [0, 0.1) is 5.92 Å². The fraction of sp³-hybridized carbons (Fsp3) is 0.412. The van der Waals surface area contributed by atoms with Gasteiger partial charge in [-0.15, -0.1) is 0 Å². The topological polar surface area (TPSA) is 62.2 Å². The molecule has 3 rings (SSSR count). The Bertz CT molecular complexity index is 689. The van der Waals surface area contributed by atoms with Gasteiger partial charge in [-0.1, -0.05) is 42.3 Å². The third-order valence-electron chi connectivity index (χ3n) is 4.23. The Balaban J connectivity index is 1.69. The van der Waals surface area contributed by atoms with Crippen molar-refractivity contribution in [3.63, 3.8) is 0 Å². The number of aliphatic hydroxyl groups excluding tert-OH is 1. The number of pyridine rings is 1. The Morgan fingerprint density at radius 2 is 2.18 bits per heavy atom. The lowest BCUT2D eigenvalue weighted by Gasteiger charge is -2.25. The van der Waals surface area contributed by atoms with Gasteiger partial charge in [0.25, 0.3) is 5.91 Å². The number of halogens is 1. The minimum Gasteiger partial charge on any atom is -0.393 e. The first kappa shape index (κ1) is 15.3. The molecule has 1 aromatic heterocycles. The number of fused-ring (bicyclic) bond motifs is 1. The summed E-state index contributed by atoms with van der Waals surface area (Å²) < 4.78 is 0. The largest absolute Gasteiger partial charge is 0.393 e. The maximum atomic E-state index is 12.3. The van der Waals surface area contributed by atoms with Gasteiger partial charge in [0.15, 0.2) is 0 Å². The molecule has 2 aromatic rings. The Labute approximate surface area is 134 Å². The van der Waals surface area contributed by atoms with Gasteiger partial charge in [0, 0.05) is 11.9 Å². The smallest absolute Gasteiger partial charge is 0.269 e. The molecule has 2 unspecified atom stereocenters. The van der Waals surface area contributed by atoms with E-state index in [1.54, 1.807) is 6.07 Å². The second-order valence-corrected chi connectivity index (χ2v) is 6.27. The quantitative estimate of drug-likeness (QED) is 0.854.